The first-order valence-corrected chi connectivity index (χ1v) is 6.92. The molecule has 2 aromatic rings. The highest BCUT2D eigenvalue weighted by Gasteiger charge is 2.15. The molecule has 0 bridgehead atoms. The lowest BCUT2D eigenvalue weighted by Gasteiger charge is -2.15. The average molecular weight is 305 g/mol. The summed E-state index contributed by atoms with van der Waals surface area (Å²) in [5, 5.41) is 3.44. The van der Waals surface area contributed by atoms with Crippen molar-refractivity contribution in [1.82, 2.24) is 0 Å². The van der Waals surface area contributed by atoms with Crippen molar-refractivity contribution in [3.63, 3.8) is 0 Å². The highest BCUT2D eigenvalue weighted by Crippen LogP contribution is 2.22. The molecular formula is C16H17ClN2O2. The van der Waals surface area contributed by atoms with Crippen LogP contribution in [0.3, 0.4) is 0 Å². The molecular weight excluding hydrogens is 288 g/mol. The molecule has 0 aliphatic rings. The first kappa shape index (κ1) is 15.2. The summed E-state index contributed by atoms with van der Waals surface area (Å²) in [5.41, 5.74) is 7.83. The molecule has 0 heterocycles. The molecule has 2 rings (SSSR count). The molecule has 1 unspecified atom stereocenters. The minimum absolute atomic E-state index is 0.229. The molecule has 5 heteroatoms. The number of benzene rings is 2. The van der Waals surface area contributed by atoms with Crippen LogP contribution in [-0.4, -0.2) is 12.0 Å². The standard InChI is InChI=1S/C16H17ClN2O2/c1-10-9-14(7-8-15(10)17)21-11(2)16(20)19-13-5-3-12(18)4-6-13/h3-9,11H,18H2,1-2H3,(H,19,20). The Morgan fingerprint density at radius 2 is 1.90 bits per heavy atom. The fraction of sp³-hybridized carbons (Fsp3) is 0.188. The van der Waals surface area contributed by atoms with Crippen molar-refractivity contribution in [1.29, 1.82) is 0 Å². The molecule has 3 N–H and O–H groups in total. The van der Waals surface area contributed by atoms with Crippen molar-refractivity contribution >= 4 is 28.9 Å². The number of rotatable bonds is 4. The van der Waals surface area contributed by atoms with Gasteiger partial charge in [-0.05, 0) is 61.9 Å². The minimum Gasteiger partial charge on any atom is -0.481 e. The van der Waals surface area contributed by atoms with Gasteiger partial charge < -0.3 is 15.8 Å². The Bertz CT molecular complexity index is 641. The number of nitrogen functional groups attached to an aromatic ring is 1. The summed E-state index contributed by atoms with van der Waals surface area (Å²) in [4.78, 5) is 12.1. The van der Waals surface area contributed by atoms with Crippen molar-refractivity contribution < 1.29 is 9.53 Å². The van der Waals surface area contributed by atoms with Gasteiger partial charge in [0.05, 0.1) is 0 Å². The fourth-order valence-electron chi connectivity index (χ4n) is 1.76. The van der Waals surface area contributed by atoms with Crippen molar-refractivity contribution in [3.8, 4) is 5.75 Å². The Morgan fingerprint density at radius 1 is 1.24 bits per heavy atom. The topological polar surface area (TPSA) is 64.3 Å². The van der Waals surface area contributed by atoms with Gasteiger partial charge in [-0.2, -0.15) is 0 Å². The van der Waals surface area contributed by atoms with Gasteiger partial charge in [-0.1, -0.05) is 11.6 Å². The first-order valence-electron chi connectivity index (χ1n) is 6.55. The number of halogens is 1. The van der Waals surface area contributed by atoms with Crippen LogP contribution in [0.5, 0.6) is 5.75 Å². The first-order chi connectivity index (χ1) is 9.95. The molecule has 4 nitrogen and oxygen atoms in total. The number of hydrogen-bond acceptors (Lipinski definition) is 3. The summed E-state index contributed by atoms with van der Waals surface area (Å²) in [6.07, 6.45) is -0.622. The zero-order valence-electron chi connectivity index (χ0n) is 11.9. The van der Waals surface area contributed by atoms with E-state index in [1.165, 1.54) is 0 Å². The van der Waals surface area contributed by atoms with Crippen LogP contribution in [0.1, 0.15) is 12.5 Å². The van der Waals surface area contributed by atoms with Crippen LogP contribution >= 0.6 is 11.6 Å². The van der Waals surface area contributed by atoms with Gasteiger partial charge in [-0.25, -0.2) is 0 Å². The van der Waals surface area contributed by atoms with Gasteiger partial charge in [-0.3, -0.25) is 4.79 Å². The maximum atomic E-state index is 12.1. The van der Waals surface area contributed by atoms with Crippen molar-refractivity contribution in [2.45, 2.75) is 20.0 Å². The van der Waals surface area contributed by atoms with Gasteiger partial charge in [0.1, 0.15) is 5.75 Å². The van der Waals surface area contributed by atoms with Crippen LogP contribution in [-0.2, 0) is 4.79 Å². The summed E-state index contributed by atoms with van der Waals surface area (Å²) in [5.74, 6) is 0.379. The number of ether oxygens (including phenoxy) is 1. The Kier molecular flexibility index (Phi) is 4.70. The predicted octanol–water partition coefficient (Wildman–Crippen LogP) is 3.64. The van der Waals surface area contributed by atoms with E-state index in [4.69, 9.17) is 22.1 Å². The molecule has 0 spiro atoms. The molecule has 0 saturated heterocycles. The van der Waals surface area contributed by atoms with E-state index in [0.717, 1.165) is 5.56 Å². The van der Waals surface area contributed by atoms with E-state index in [0.29, 0.717) is 22.1 Å². The number of amides is 1. The maximum absolute atomic E-state index is 12.1. The van der Waals surface area contributed by atoms with Gasteiger partial charge in [0, 0.05) is 16.4 Å². The van der Waals surface area contributed by atoms with Crippen molar-refractivity contribution in [2.24, 2.45) is 0 Å². The van der Waals surface area contributed by atoms with E-state index in [1.807, 2.05) is 6.92 Å². The average Bonchev–Trinajstić information content (AvgIpc) is 2.45. The monoisotopic (exact) mass is 304 g/mol. The molecule has 1 amide bonds. The molecule has 110 valence electrons. The summed E-state index contributed by atoms with van der Waals surface area (Å²) in [7, 11) is 0. The molecule has 0 aliphatic heterocycles. The Balaban J connectivity index is 1.98. The third-order valence-electron chi connectivity index (χ3n) is 2.99. The van der Waals surface area contributed by atoms with Gasteiger partial charge >= 0.3 is 0 Å². The number of nitrogens with one attached hydrogen (secondary N) is 1. The molecule has 1 atom stereocenters. The lowest BCUT2D eigenvalue weighted by molar-refractivity contribution is -0.122. The van der Waals surface area contributed by atoms with Gasteiger partial charge in [0.25, 0.3) is 5.91 Å². The lowest BCUT2D eigenvalue weighted by Crippen LogP contribution is -2.30. The van der Waals surface area contributed by atoms with E-state index in [-0.39, 0.29) is 5.91 Å². The third kappa shape index (κ3) is 4.13. The predicted molar refractivity (Wildman–Crippen MR) is 85.8 cm³/mol. The van der Waals surface area contributed by atoms with Gasteiger partial charge in [0.2, 0.25) is 0 Å². The highest BCUT2D eigenvalue weighted by molar-refractivity contribution is 6.31. The third-order valence-corrected chi connectivity index (χ3v) is 3.41. The molecule has 0 aliphatic carbocycles. The second-order valence-electron chi connectivity index (χ2n) is 4.78. The Morgan fingerprint density at radius 3 is 2.52 bits per heavy atom. The zero-order valence-corrected chi connectivity index (χ0v) is 12.6. The van der Waals surface area contributed by atoms with Crippen molar-refractivity contribution in [3.05, 3.63) is 53.1 Å². The van der Waals surface area contributed by atoms with Crippen LogP contribution in [0, 0.1) is 6.92 Å². The molecule has 0 fully saturated rings. The van der Waals surface area contributed by atoms with E-state index in [9.17, 15) is 4.79 Å². The molecule has 21 heavy (non-hydrogen) atoms. The van der Waals surface area contributed by atoms with E-state index in [2.05, 4.69) is 5.32 Å². The number of carbonyl (C=O) groups excluding carboxylic acids is 1. The minimum atomic E-state index is -0.622. The maximum Gasteiger partial charge on any atom is 0.265 e. The zero-order chi connectivity index (χ0) is 15.4. The summed E-state index contributed by atoms with van der Waals surface area (Å²) in [6, 6.07) is 12.2. The molecule has 0 aromatic heterocycles. The number of aryl methyl sites for hydroxylation is 1. The smallest absolute Gasteiger partial charge is 0.265 e. The second kappa shape index (κ2) is 6.50. The van der Waals surface area contributed by atoms with E-state index in [1.54, 1.807) is 49.4 Å². The fourth-order valence-corrected chi connectivity index (χ4v) is 1.88. The molecule has 0 radical (unpaired) electrons. The molecule has 0 saturated carbocycles. The van der Waals surface area contributed by atoms with E-state index >= 15 is 0 Å². The SMILES string of the molecule is Cc1cc(OC(C)C(=O)Nc2ccc(N)cc2)ccc1Cl. The van der Waals surface area contributed by atoms with Crippen LogP contribution in [0.4, 0.5) is 11.4 Å². The number of anilines is 2. The number of carbonyl (C=O) groups is 1. The van der Waals surface area contributed by atoms with Crippen LogP contribution < -0.4 is 15.8 Å². The number of hydrogen-bond donors (Lipinski definition) is 2. The summed E-state index contributed by atoms with van der Waals surface area (Å²) in [6.45, 7) is 3.57. The quantitative estimate of drug-likeness (QED) is 0.848. The largest absolute Gasteiger partial charge is 0.481 e. The normalized spacial score (nSPS) is 11.8. The Labute approximate surface area is 128 Å². The van der Waals surface area contributed by atoms with Crippen LogP contribution in [0.15, 0.2) is 42.5 Å². The summed E-state index contributed by atoms with van der Waals surface area (Å²) >= 11 is 5.95. The van der Waals surface area contributed by atoms with Crippen molar-refractivity contribution in [2.75, 3.05) is 11.1 Å². The van der Waals surface area contributed by atoms with E-state index < -0.39 is 6.10 Å². The van der Waals surface area contributed by atoms with Gasteiger partial charge in [0.15, 0.2) is 6.10 Å². The van der Waals surface area contributed by atoms with Crippen LogP contribution in [0.2, 0.25) is 5.02 Å². The Hall–Kier alpha value is -2.20. The molecule has 2 aromatic carbocycles. The number of nitrogens with two attached hydrogens (primary N) is 1. The second-order valence-corrected chi connectivity index (χ2v) is 5.19. The summed E-state index contributed by atoms with van der Waals surface area (Å²) < 4.78 is 5.61. The lowest BCUT2D eigenvalue weighted by atomic mass is 10.2. The highest BCUT2D eigenvalue weighted by atomic mass is 35.5. The van der Waals surface area contributed by atoms with Crippen LogP contribution in [0.25, 0.3) is 0 Å². The van der Waals surface area contributed by atoms with Gasteiger partial charge in [-0.15, -0.1) is 0 Å².